The first-order chi connectivity index (χ1) is 8.29. The zero-order valence-corrected chi connectivity index (χ0v) is 10.2. The molecule has 2 nitrogen and oxygen atoms in total. The van der Waals surface area contributed by atoms with Gasteiger partial charge < -0.3 is 9.47 Å². The third-order valence-corrected chi connectivity index (χ3v) is 2.60. The summed E-state index contributed by atoms with van der Waals surface area (Å²) in [7, 11) is 1.63. The molecule has 0 unspecified atom stereocenters. The fraction of sp³-hybridized carbons (Fsp3) is 0.0714. The minimum absolute atomic E-state index is 0.468. The molecule has 2 aromatic rings. The molecule has 0 saturated heterocycles. The number of benzene rings is 2. The highest BCUT2D eigenvalue weighted by atomic mass is 32.1. The summed E-state index contributed by atoms with van der Waals surface area (Å²) in [6.45, 7) is 0. The Morgan fingerprint density at radius 1 is 0.882 bits per heavy atom. The van der Waals surface area contributed by atoms with Crippen LogP contribution in [0.5, 0.6) is 11.5 Å². The molecule has 2 aromatic carbocycles. The number of ether oxygens (including phenoxy) is 2. The van der Waals surface area contributed by atoms with E-state index in [1.54, 1.807) is 7.11 Å². The molecule has 17 heavy (non-hydrogen) atoms. The molecule has 0 aromatic heterocycles. The van der Waals surface area contributed by atoms with E-state index >= 15 is 0 Å². The third kappa shape index (κ3) is 3.04. The van der Waals surface area contributed by atoms with Crippen LogP contribution >= 0.6 is 12.2 Å². The van der Waals surface area contributed by atoms with Crippen LogP contribution in [-0.2, 0) is 0 Å². The maximum atomic E-state index is 5.58. The van der Waals surface area contributed by atoms with Crippen LogP contribution in [0.25, 0.3) is 0 Å². The Kier molecular flexibility index (Phi) is 3.73. The largest absolute Gasteiger partial charge is 0.497 e. The highest BCUT2D eigenvalue weighted by Gasteiger charge is 2.03. The summed E-state index contributed by atoms with van der Waals surface area (Å²) in [4.78, 5) is 0. The summed E-state index contributed by atoms with van der Waals surface area (Å²) in [5.41, 5.74) is 0.901. The Hall–Kier alpha value is -1.87. The van der Waals surface area contributed by atoms with Gasteiger partial charge in [-0.05, 0) is 36.5 Å². The van der Waals surface area contributed by atoms with Gasteiger partial charge in [-0.2, -0.15) is 0 Å². The van der Waals surface area contributed by atoms with Crippen LogP contribution in [0.3, 0.4) is 0 Å². The van der Waals surface area contributed by atoms with Gasteiger partial charge in [0.2, 0.25) is 0 Å². The van der Waals surface area contributed by atoms with Gasteiger partial charge in [-0.25, -0.2) is 0 Å². The summed E-state index contributed by atoms with van der Waals surface area (Å²) in [6.07, 6.45) is 0. The van der Waals surface area contributed by atoms with Gasteiger partial charge in [0.1, 0.15) is 11.5 Å². The predicted molar refractivity (Wildman–Crippen MR) is 71.8 cm³/mol. The Bertz CT molecular complexity index is 491. The topological polar surface area (TPSA) is 18.5 Å². The zero-order chi connectivity index (χ0) is 12.1. The molecular formula is C14H12O2S. The van der Waals surface area contributed by atoms with E-state index in [9.17, 15) is 0 Å². The Balaban J connectivity index is 2.08. The van der Waals surface area contributed by atoms with E-state index in [0.717, 1.165) is 11.3 Å². The second-order valence-corrected chi connectivity index (χ2v) is 3.80. The maximum absolute atomic E-state index is 5.58. The lowest BCUT2D eigenvalue weighted by Crippen LogP contribution is -2.06. The average Bonchev–Trinajstić information content (AvgIpc) is 2.40. The quantitative estimate of drug-likeness (QED) is 0.770. The standard InChI is InChI=1S/C14H12O2S/c1-15-12-7-9-13(10-8-12)16-14(17)11-5-3-2-4-6-11/h2-10H,1H3. The van der Waals surface area contributed by atoms with Gasteiger partial charge in [-0.15, -0.1) is 0 Å². The van der Waals surface area contributed by atoms with Crippen LogP contribution in [0.4, 0.5) is 0 Å². The van der Waals surface area contributed by atoms with E-state index in [4.69, 9.17) is 21.7 Å². The minimum Gasteiger partial charge on any atom is -0.497 e. The molecule has 0 radical (unpaired) electrons. The maximum Gasteiger partial charge on any atom is 0.198 e. The lowest BCUT2D eigenvalue weighted by molar-refractivity contribution is 0.414. The van der Waals surface area contributed by atoms with Gasteiger partial charge in [0.25, 0.3) is 0 Å². The van der Waals surface area contributed by atoms with Crippen molar-refractivity contribution in [3.8, 4) is 11.5 Å². The van der Waals surface area contributed by atoms with Crippen molar-refractivity contribution in [3.63, 3.8) is 0 Å². The highest BCUT2D eigenvalue weighted by molar-refractivity contribution is 7.80. The van der Waals surface area contributed by atoms with E-state index in [0.29, 0.717) is 10.8 Å². The highest BCUT2D eigenvalue weighted by Crippen LogP contribution is 2.18. The molecule has 86 valence electrons. The average molecular weight is 244 g/mol. The number of hydrogen-bond acceptors (Lipinski definition) is 3. The van der Waals surface area contributed by atoms with Crippen molar-refractivity contribution >= 4 is 17.3 Å². The van der Waals surface area contributed by atoms with E-state index in [2.05, 4.69) is 0 Å². The van der Waals surface area contributed by atoms with Crippen molar-refractivity contribution in [2.24, 2.45) is 0 Å². The summed E-state index contributed by atoms with van der Waals surface area (Å²) < 4.78 is 10.6. The van der Waals surface area contributed by atoms with Crippen molar-refractivity contribution in [1.82, 2.24) is 0 Å². The number of hydrogen-bond donors (Lipinski definition) is 0. The van der Waals surface area contributed by atoms with Gasteiger partial charge in [0.05, 0.1) is 7.11 Å². The Morgan fingerprint density at radius 3 is 2.06 bits per heavy atom. The molecule has 0 N–H and O–H groups in total. The van der Waals surface area contributed by atoms with Crippen LogP contribution < -0.4 is 9.47 Å². The smallest absolute Gasteiger partial charge is 0.198 e. The molecule has 0 bridgehead atoms. The fourth-order valence-corrected chi connectivity index (χ4v) is 1.62. The second-order valence-electron chi connectivity index (χ2n) is 3.43. The molecule has 0 amide bonds. The molecule has 0 aliphatic heterocycles. The first-order valence-corrected chi connectivity index (χ1v) is 5.62. The van der Waals surface area contributed by atoms with Crippen LogP contribution in [-0.4, -0.2) is 12.2 Å². The molecule has 0 heterocycles. The Labute approximate surface area is 106 Å². The van der Waals surface area contributed by atoms with E-state index < -0.39 is 0 Å². The van der Waals surface area contributed by atoms with Crippen molar-refractivity contribution in [1.29, 1.82) is 0 Å². The molecule has 0 aliphatic carbocycles. The van der Waals surface area contributed by atoms with Gasteiger partial charge in [-0.3, -0.25) is 0 Å². The molecule has 0 fully saturated rings. The SMILES string of the molecule is COc1ccc(OC(=S)c2ccccc2)cc1. The molecular weight excluding hydrogens is 232 g/mol. The van der Waals surface area contributed by atoms with E-state index in [1.165, 1.54) is 0 Å². The summed E-state index contributed by atoms with van der Waals surface area (Å²) >= 11 is 5.21. The second kappa shape index (κ2) is 5.46. The minimum atomic E-state index is 0.468. The van der Waals surface area contributed by atoms with Gasteiger partial charge >= 0.3 is 0 Å². The van der Waals surface area contributed by atoms with Crippen LogP contribution in [0.1, 0.15) is 5.56 Å². The lowest BCUT2D eigenvalue weighted by atomic mass is 10.2. The summed E-state index contributed by atoms with van der Waals surface area (Å²) in [5, 5.41) is 0.468. The monoisotopic (exact) mass is 244 g/mol. The van der Waals surface area contributed by atoms with Gasteiger partial charge in [-0.1, -0.05) is 30.3 Å². The lowest BCUT2D eigenvalue weighted by Gasteiger charge is -2.07. The van der Waals surface area contributed by atoms with Crippen molar-refractivity contribution in [2.45, 2.75) is 0 Å². The van der Waals surface area contributed by atoms with E-state index in [1.807, 2.05) is 54.6 Å². The third-order valence-electron chi connectivity index (χ3n) is 2.28. The molecule has 3 heteroatoms. The van der Waals surface area contributed by atoms with Gasteiger partial charge in [0, 0.05) is 5.56 Å². The number of thiocarbonyl (C=S) groups is 1. The molecule has 0 spiro atoms. The summed E-state index contributed by atoms with van der Waals surface area (Å²) in [5.74, 6) is 1.50. The van der Waals surface area contributed by atoms with Crippen LogP contribution in [0, 0.1) is 0 Å². The van der Waals surface area contributed by atoms with Crippen molar-refractivity contribution in [2.75, 3.05) is 7.11 Å². The van der Waals surface area contributed by atoms with Crippen molar-refractivity contribution in [3.05, 3.63) is 60.2 Å². The predicted octanol–water partition coefficient (Wildman–Crippen LogP) is 3.45. The summed E-state index contributed by atoms with van der Waals surface area (Å²) in [6, 6.07) is 17.0. The first-order valence-electron chi connectivity index (χ1n) is 5.21. The zero-order valence-electron chi connectivity index (χ0n) is 9.42. The van der Waals surface area contributed by atoms with Crippen LogP contribution in [0.15, 0.2) is 54.6 Å². The Morgan fingerprint density at radius 2 is 1.47 bits per heavy atom. The molecule has 0 saturated carbocycles. The van der Waals surface area contributed by atoms with Gasteiger partial charge in [0.15, 0.2) is 5.05 Å². The molecule has 2 rings (SSSR count). The van der Waals surface area contributed by atoms with Crippen molar-refractivity contribution < 1.29 is 9.47 Å². The molecule has 0 atom stereocenters. The number of rotatable bonds is 3. The fourth-order valence-electron chi connectivity index (χ4n) is 1.38. The number of methoxy groups -OCH3 is 1. The molecule has 0 aliphatic rings. The first kappa shape index (κ1) is 11.6. The normalized spacial score (nSPS) is 9.71. The van der Waals surface area contributed by atoms with E-state index in [-0.39, 0.29) is 0 Å². The van der Waals surface area contributed by atoms with Crippen LogP contribution in [0.2, 0.25) is 0 Å².